The molecule has 0 heterocycles. The molecule has 4 N–H and O–H groups in total. The number of nitrogens with one attached hydrogen (secondary N) is 3. The van der Waals surface area contributed by atoms with Crippen LogP contribution in [0.1, 0.15) is 36.0 Å². The molecule has 0 aromatic heterocycles. The Bertz CT molecular complexity index is 480. The van der Waals surface area contributed by atoms with Crippen molar-refractivity contribution in [2.45, 2.75) is 25.7 Å². The summed E-state index contributed by atoms with van der Waals surface area (Å²) in [6, 6.07) is 8.83. The van der Waals surface area contributed by atoms with Crippen LogP contribution in [0.25, 0.3) is 0 Å². The highest BCUT2D eigenvalue weighted by Crippen LogP contribution is 1.99. The number of hydrogen-bond donors (Lipinski definition) is 4. The second-order valence-electron chi connectivity index (χ2n) is 4.42. The van der Waals surface area contributed by atoms with E-state index in [9.17, 15) is 9.59 Å². The summed E-state index contributed by atoms with van der Waals surface area (Å²) >= 11 is 5.03. The van der Waals surface area contributed by atoms with Crippen molar-refractivity contribution in [3.05, 3.63) is 35.9 Å². The molecule has 1 rings (SSSR count). The van der Waals surface area contributed by atoms with Crippen LogP contribution in [0.2, 0.25) is 0 Å². The fourth-order valence-electron chi connectivity index (χ4n) is 1.65. The van der Waals surface area contributed by atoms with Crippen molar-refractivity contribution < 1.29 is 14.8 Å². The van der Waals surface area contributed by atoms with E-state index < -0.39 is 0 Å². The van der Waals surface area contributed by atoms with E-state index >= 15 is 0 Å². The van der Waals surface area contributed by atoms with E-state index in [1.165, 1.54) is 0 Å². The lowest BCUT2D eigenvalue weighted by atomic mass is 10.2. The first-order valence-corrected chi connectivity index (χ1v) is 7.11. The molecule has 0 saturated heterocycles. The van der Waals surface area contributed by atoms with Crippen molar-refractivity contribution >= 4 is 29.1 Å². The van der Waals surface area contributed by atoms with Gasteiger partial charge in [-0.2, -0.15) is 0 Å². The Hall–Kier alpha value is -1.99. The van der Waals surface area contributed by atoms with E-state index in [1.54, 1.807) is 29.7 Å². The Kier molecular flexibility index (Phi) is 8.00. The van der Waals surface area contributed by atoms with Crippen LogP contribution in [0.3, 0.4) is 0 Å². The van der Waals surface area contributed by atoms with Gasteiger partial charge in [0.1, 0.15) is 0 Å². The van der Waals surface area contributed by atoms with Crippen LogP contribution >= 0.6 is 12.2 Å². The molecule has 0 spiro atoms. The van der Waals surface area contributed by atoms with E-state index in [1.807, 2.05) is 6.07 Å². The average Bonchev–Trinajstić information content (AvgIpc) is 2.51. The molecule has 21 heavy (non-hydrogen) atoms. The molecule has 2 amide bonds. The lowest BCUT2D eigenvalue weighted by Gasteiger charge is -2.09. The van der Waals surface area contributed by atoms with Crippen molar-refractivity contribution in [2.75, 3.05) is 6.54 Å². The van der Waals surface area contributed by atoms with Crippen LogP contribution in [0.15, 0.2) is 30.3 Å². The zero-order valence-corrected chi connectivity index (χ0v) is 12.4. The number of hydrogen-bond acceptors (Lipinski definition) is 4. The molecule has 0 aliphatic rings. The summed E-state index contributed by atoms with van der Waals surface area (Å²) in [5, 5.41) is 14.1. The van der Waals surface area contributed by atoms with Crippen LogP contribution in [0.4, 0.5) is 0 Å². The Labute approximate surface area is 128 Å². The van der Waals surface area contributed by atoms with Crippen molar-refractivity contribution in [3.8, 4) is 0 Å². The molecule has 1 aromatic carbocycles. The molecule has 0 aliphatic carbocycles. The van der Waals surface area contributed by atoms with Crippen molar-refractivity contribution in [3.63, 3.8) is 0 Å². The maximum Gasteiger partial charge on any atom is 0.257 e. The second kappa shape index (κ2) is 9.84. The van der Waals surface area contributed by atoms with Crippen LogP contribution in [-0.4, -0.2) is 28.7 Å². The molecule has 0 fully saturated rings. The summed E-state index contributed by atoms with van der Waals surface area (Å²) in [5.41, 5.74) is 2.14. The maximum absolute atomic E-state index is 11.8. The molecular formula is C14H19N3O3S. The zero-order valence-electron chi connectivity index (χ0n) is 11.6. The fourth-order valence-corrected chi connectivity index (χ4v) is 1.85. The van der Waals surface area contributed by atoms with Gasteiger partial charge in [0.2, 0.25) is 5.91 Å². The Morgan fingerprint density at radius 3 is 2.48 bits per heavy atom. The van der Waals surface area contributed by atoms with Crippen LogP contribution in [0.5, 0.6) is 0 Å². The number of amides is 2. The van der Waals surface area contributed by atoms with E-state index in [0.29, 0.717) is 24.9 Å². The molecule has 0 radical (unpaired) electrons. The number of unbranched alkanes of at least 4 members (excludes halogenated alkanes) is 2. The van der Waals surface area contributed by atoms with E-state index in [2.05, 4.69) is 10.6 Å². The highest BCUT2D eigenvalue weighted by molar-refractivity contribution is 7.80. The maximum atomic E-state index is 11.8. The molecule has 0 unspecified atom stereocenters. The number of benzene rings is 1. The van der Waals surface area contributed by atoms with E-state index in [-0.39, 0.29) is 16.9 Å². The SMILES string of the molecule is O=C(CCCCCNC(=S)NC(=O)c1ccccc1)NO. The average molecular weight is 309 g/mol. The molecule has 0 saturated carbocycles. The minimum Gasteiger partial charge on any atom is -0.362 e. The van der Waals surface area contributed by atoms with Gasteiger partial charge in [-0.3, -0.25) is 20.1 Å². The summed E-state index contributed by atoms with van der Waals surface area (Å²) in [5.74, 6) is -0.624. The third kappa shape index (κ3) is 7.38. The summed E-state index contributed by atoms with van der Waals surface area (Å²) in [6.07, 6.45) is 2.64. The zero-order chi connectivity index (χ0) is 15.5. The lowest BCUT2D eigenvalue weighted by molar-refractivity contribution is -0.129. The van der Waals surface area contributed by atoms with Gasteiger partial charge in [-0.15, -0.1) is 0 Å². The van der Waals surface area contributed by atoms with Gasteiger partial charge < -0.3 is 5.32 Å². The third-order valence-electron chi connectivity index (χ3n) is 2.75. The minimum absolute atomic E-state index is 0.243. The first kappa shape index (κ1) is 17.1. The summed E-state index contributed by atoms with van der Waals surface area (Å²) < 4.78 is 0. The predicted octanol–water partition coefficient (Wildman–Crippen LogP) is 1.36. The first-order valence-electron chi connectivity index (χ1n) is 6.70. The minimum atomic E-state index is -0.381. The molecule has 7 heteroatoms. The summed E-state index contributed by atoms with van der Waals surface area (Å²) in [6.45, 7) is 0.620. The Morgan fingerprint density at radius 1 is 1.10 bits per heavy atom. The Morgan fingerprint density at radius 2 is 1.81 bits per heavy atom. The summed E-state index contributed by atoms with van der Waals surface area (Å²) in [7, 11) is 0. The number of rotatable bonds is 7. The molecule has 0 atom stereocenters. The van der Waals surface area contributed by atoms with Crippen LogP contribution in [-0.2, 0) is 4.79 Å². The molecule has 0 aliphatic heterocycles. The van der Waals surface area contributed by atoms with Crippen LogP contribution in [0, 0.1) is 0 Å². The number of thiocarbonyl (C=S) groups is 1. The van der Waals surface area contributed by atoms with Crippen molar-refractivity contribution in [1.82, 2.24) is 16.1 Å². The van der Waals surface area contributed by atoms with Gasteiger partial charge in [0.05, 0.1) is 0 Å². The molecule has 0 bridgehead atoms. The second-order valence-corrected chi connectivity index (χ2v) is 4.83. The van der Waals surface area contributed by atoms with Gasteiger partial charge in [0, 0.05) is 18.5 Å². The number of hydroxylamine groups is 1. The molecule has 114 valence electrons. The topological polar surface area (TPSA) is 90.5 Å². The smallest absolute Gasteiger partial charge is 0.257 e. The fraction of sp³-hybridized carbons (Fsp3) is 0.357. The molecule has 1 aromatic rings. The Balaban J connectivity index is 2.12. The van der Waals surface area contributed by atoms with Gasteiger partial charge in [-0.05, 0) is 37.2 Å². The number of carbonyl (C=O) groups excluding carboxylic acids is 2. The number of carbonyl (C=O) groups is 2. The van der Waals surface area contributed by atoms with Crippen LogP contribution < -0.4 is 16.1 Å². The summed E-state index contributed by atoms with van der Waals surface area (Å²) in [4.78, 5) is 22.6. The van der Waals surface area contributed by atoms with Gasteiger partial charge in [0.25, 0.3) is 5.91 Å². The van der Waals surface area contributed by atoms with Gasteiger partial charge in [0.15, 0.2) is 5.11 Å². The highest BCUT2D eigenvalue weighted by atomic mass is 32.1. The van der Waals surface area contributed by atoms with Gasteiger partial charge >= 0.3 is 0 Å². The highest BCUT2D eigenvalue weighted by Gasteiger charge is 2.06. The van der Waals surface area contributed by atoms with E-state index in [0.717, 1.165) is 12.8 Å². The quantitative estimate of drug-likeness (QED) is 0.264. The molecule has 6 nitrogen and oxygen atoms in total. The van der Waals surface area contributed by atoms with Crippen molar-refractivity contribution in [2.24, 2.45) is 0 Å². The lowest BCUT2D eigenvalue weighted by Crippen LogP contribution is -2.39. The normalized spacial score (nSPS) is 9.76. The van der Waals surface area contributed by atoms with Crippen molar-refractivity contribution in [1.29, 1.82) is 0 Å². The standard InChI is InChI=1S/C14H19N3O3S/c18-12(17-20)9-5-2-6-10-15-14(21)16-13(19)11-7-3-1-4-8-11/h1,3-4,7-8,20H,2,5-6,9-10H2,(H,17,18)(H2,15,16,19,21). The monoisotopic (exact) mass is 309 g/mol. The molecular weight excluding hydrogens is 290 g/mol. The largest absolute Gasteiger partial charge is 0.362 e. The predicted molar refractivity (Wildman–Crippen MR) is 82.9 cm³/mol. The van der Waals surface area contributed by atoms with E-state index in [4.69, 9.17) is 17.4 Å². The van der Waals surface area contributed by atoms with Gasteiger partial charge in [-0.1, -0.05) is 24.6 Å². The third-order valence-corrected chi connectivity index (χ3v) is 3.00. The first-order chi connectivity index (χ1) is 10.1. The van der Waals surface area contributed by atoms with Gasteiger partial charge in [-0.25, -0.2) is 5.48 Å².